The van der Waals surface area contributed by atoms with E-state index in [-0.39, 0.29) is 23.2 Å². The minimum Gasteiger partial charge on any atom is -0.490 e. The Kier molecular flexibility index (Phi) is 4.20. The number of ketones is 2. The fraction of sp³-hybridized carbons (Fsp3) is 0.286. The van der Waals surface area contributed by atoms with Crippen molar-refractivity contribution in [3.8, 4) is 0 Å². The highest BCUT2D eigenvalue weighted by molar-refractivity contribution is 8.04. The second-order valence-corrected chi connectivity index (χ2v) is 4.97. The van der Waals surface area contributed by atoms with Gasteiger partial charge in [0.15, 0.2) is 11.5 Å². The molecule has 2 rings (SSSR count). The van der Waals surface area contributed by atoms with Gasteiger partial charge in [0.05, 0.1) is 11.9 Å². The summed E-state index contributed by atoms with van der Waals surface area (Å²) in [5.74, 6) is 0.298. The lowest BCUT2D eigenvalue weighted by Crippen LogP contribution is -2.19. The molecule has 1 aliphatic rings. The van der Waals surface area contributed by atoms with Crippen LogP contribution >= 0.6 is 11.8 Å². The van der Waals surface area contributed by atoms with Crippen molar-refractivity contribution in [3.05, 3.63) is 47.1 Å². The molecule has 1 atom stereocenters. The molecule has 4 heteroatoms. The summed E-state index contributed by atoms with van der Waals surface area (Å²) in [5, 5.41) is 1.37. The largest absolute Gasteiger partial charge is 0.490 e. The van der Waals surface area contributed by atoms with Gasteiger partial charge >= 0.3 is 0 Å². The molecule has 0 amide bonds. The summed E-state index contributed by atoms with van der Waals surface area (Å²) in [6.07, 6.45) is 0.223. The molecule has 0 fully saturated rings. The van der Waals surface area contributed by atoms with Gasteiger partial charge < -0.3 is 4.74 Å². The summed E-state index contributed by atoms with van der Waals surface area (Å²) in [7, 11) is 0. The van der Waals surface area contributed by atoms with Crippen LogP contribution in [0.15, 0.2) is 41.5 Å². The van der Waals surface area contributed by atoms with Crippen LogP contribution in [-0.4, -0.2) is 23.4 Å². The van der Waals surface area contributed by atoms with Crippen molar-refractivity contribution in [3.63, 3.8) is 0 Å². The van der Waals surface area contributed by atoms with E-state index in [2.05, 4.69) is 0 Å². The summed E-state index contributed by atoms with van der Waals surface area (Å²) in [6.45, 7) is 2.30. The van der Waals surface area contributed by atoms with E-state index in [0.29, 0.717) is 17.9 Å². The highest BCUT2D eigenvalue weighted by atomic mass is 32.2. The van der Waals surface area contributed by atoms with Crippen LogP contribution in [0, 0.1) is 0 Å². The Balaban J connectivity index is 1.97. The van der Waals surface area contributed by atoms with Crippen LogP contribution in [0.5, 0.6) is 0 Å². The highest BCUT2D eigenvalue weighted by Crippen LogP contribution is 2.30. The highest BCUT2D eigenvalue weighted by Gasteiger charge is 2.31. The third-order valence-corrected chi connectivity index (χ3v) is 3.70. The van der Waals surface area contributed by atoms with Gasteiger partial charge in [-0.2, -0.15) is 0 Å². The summed E-state index contributed by atoms with van der Waals surface area (Å²) in [6, 6.07) is 9.04. The number of hydrogen-bond acceptors (Lipinski definition) is 4. The predicted octanol–water partition coefficient (Wildman–Crippen LogP) is 2.82. The second kappa shape index (κ2) is 5.87. The number of Topliss-reactive ketones (excluding diaryl/α,β-unsaturated/α-hetero) is 2. The fourth-order valence-corrected chi connectivity index (χ4v) is 2.69. The van der Waals surface area contributed by atoms with Gasteiger partial charge in [0.1, 0.15) is 0 Å². The number of ether oxygens (including phenoxy) is 1. The number of rotatable bonds is 5. The number of allylic oxidation sites excluding steroid dienone is 1. The molecular weight excluding hydrogens is 248 g/mol. The molecule has 0 aromatic heterocycles. The maximum absolute atomic E-state index is 12.0. The molecule has 0 aliphatic carbocycles. The number of carbonyl (C=O) groups is 2. The van der Waals surface area contributed by atoms with Gasteiger partial charge in [-0.3, -0.25) is 9.59 Å². The van der Waals surface area contributed by atoms with Gasteiger partial charge in [0, 0.05) is 17.4 Å². The van der Waals surface area contributed by atoms with Crippen LogP contribution in [-0.2, 0) is 9.53 Å². The molecule has 0 bridgehead atoms. The van der Waals surface area contributed by atoms with Gasteiger partial charge in [-0.25, -0.2) is 0 Å². The van der Waals surface area contributed by atoms with Gasteiger partial charge in [-0.1, -0.05) is 30.3 Å². The smallest absolute Gasteiger partial charge is 0.211 e. The van der Waals surface area contributed by atoms with Gasteiger partial charge in [-0.05, 0) is 6.92 Å². The number of thioether (sulfide) groups is 1. The third-order valence-electron chi connectivity index (χ3n) is 2.64. The van der Waals surface area contributed by atoms with Gasteiger partial charge in [-0.15, -0.1) is 11.8 Å². The number of benzene rings is 1. The predicted molar refractivity (Wildman–Crippen MR) is 71.5 cm³/mol. The van der Waals surface area contributed by atoms with Crippen LogP contribution in [0.2, 0.25) is 0 Å². The zero-order valence-corrected chi connectivity index (χ0v) is 10.9. The first-order valence-corrected chi connectivity index (χ1v) is 6.77. The van der Waals surface area contributed by atoms with E-state index in [9.17, 15) is 9.59 Å². The topological polar surface area (TPSA) is 43.4 Å². The molecule has 0 spiro atoms. The van der Waals surface area contributed by atoms with Crippen LogP contribution < -0.4 is 0 Å². The van der Waals surface area contributed by atoms with Gasteiger partial charge in [0.25, 0.3) is 0 Å². The average Bonchev–Trinajstić information content (AvgIpc) is 2.73. The van der Waals surface area contributed by atoms with Crippen LogP contribution in [0.25, 0.3) is 0 Å². The van der Waals surface area contributed by atoms with E-state index in [0.717, 1.165) is 0 Å². The molecule has 1 aromatic rings. The Hall–Kier alpha value is -1.55. The maximum atomic E-state index is 12.0. The molecule has 0 saturated carbocycles. The lowest BCUT2D eigenvalue weighted by molar-refractivity contribution is -0.118. The van der Waals surface area contributed by atoms with Crippen molar-refractivity contribution in [2.24, 2.45) is 0 Å². The molecule has 1 unspecified atom stereocenters. The molecular formula is C14H14O3S. The van der Waals surface area contributed by atoms with Crippen molar-refractivity contribution < 1.29 is 14.3 Å². The summed E-state index contributed by atoms with van der Waals surface area (Å²) >= 11 is 1.36. The monoisotopic (exact) mass is 262 g/mol. The molecule has 0 radical (unpaired) electrons. The first-order valence-electron chi connectivity index (χ1n) is 5.83. The average molecular weight is 262 g/mol. The molecule has 1 heterocycles. The van der Waals surface area contributed by atoms with Crippen LogP contribution in [0.3, 0.4) is 0 Å². The molecule has 3 nitrogen and oxygen atoms in total. The molecule has 1 aliphatic heterocycles. The van der Waals surface area contributed by atoms with Gasteiger partial charge in [0.2, 0.25) is 5.78 Å². The van der Waals surface area contributed by atoms with Crippen molar-refractivity contribution in [2.45, 2.75) is 18.6 Å². The molecule has 1 aromatic carbocycles. The minimum absolute atomic E-state index is 0.00685. The summed E-state index contributed by atoms with van der Waals surface area (Å²) < 4.78 is 5.21. The van der Waals surface area contributed by atoms with Crippen molar-refractivity contribution in [1.29, 1.82) is 0 Å². The van der Waals surface area contributed by atoms with Crippen molar-refractivity contribution in [2.75, 3.05) is 6.61 Å². The van der Waals surface area contributed by atoms with E-state index in [1.54, 1.807) is 17.5 Å². The van der Waals surface area contributed by atoms with Crippen molar-refractivity contribution in [1.82, 2.24) is 0 Å². The number of carbonyl (C=O) groups excluding carboxylic acids is 2. The molecule has 18 heavy (non-hydrogen) atoms. The van der Waals surface area contributed by atoms with Crippen LogP contribution in [0.4, 0.5) is 0 Å². The minimum atomic E-state index is -0.334. The quantitative estimate of drug-likeness (QED) is 0.765. The first-order chi connectivity index (χ1) is 8.72. The zero-order valence-electron chi connectivity index (χ0n) is 10.1. The fourth-order valence-electron chi connectivity index (χ4n) is 1.73. The standard InChI is InChI=1S/C14H14O3S/c1-2-17-12-9-18-13(14(12)16)8-11(15)10-6-4-3-5-7-10/h3-7,9,13H,2,8H2,1H3. The lowest BCUT2D eigenvalue weighted by Gasteiger charge is -2.08. The SMILES string of the molecule is CCOC1=CSC(CC(=O)c2ccccc2)C1=O. The Morgan fingerprint density at radius 3 is 2.72 bits per heavy atom. The van der Waals surface area contributed by atoms with E-state index in [1.165, 1.54) is 11.8 Å². The summed E-state index contributed by atoms with van der Waals surface area (Å²) in [4.78, 5) is 23.9. The van der Waals surface area contributed by atoms with Crippen LogP contribution in [0.1, 0.15) is 23.7 Å². The Morgan fingerprint density at radius 2 is 2.06 bits per heavy atom. The molecule has 0 saturated heterocycles. The van der Waals surface area contributed by atoms with E-state index >= 15 is 0 Å². The normalized spacial score (nSPS) is 18.6. The Morgan fingerprint density at radius 1 is 1.33 bits per heavy atom. The zero-order chi connectivity index (χ0) is 13.0. The third kappa shape index (κ3) is 2.82. The van der Waals surface area contributed by atoms with E-state index in [1.807, 2.05) is 25.1 Å². The lowest BCUT2D eigenvalue weighted by atomic mass is 10.0. The van der Waals surface area contributed by atoms with E-state index < -0.39 is 0 Å². The first kappa shape index (κ1) is 12.9. The van der Waals surface area contributed by atoms with E-state index in [4.69, 9.17) is 4.74 Å². The summed E-state index contributed by atoms with van der Waals surface area (Å²) in [5.41, 5.74) is 0.649. The molecule has 94 valence electrons. The maximum Gasteiger partial charge on any atom is 0.211 e. The van der Waals surface area contributed by atoms with Crippen molar-refractivity contribution >= 4 is 23.3 Å². The number of hydrogen-bond donors (Lipinski definition) is 0. The Labute approximate surface area is 110 Å². The molecule has 0 N–H and O–H groups in total. The second-order valence-electron chi connectivity index (χ2n) is 3.90. The Bertz CT molecular complexity index is 479.